The smallest absolute Gasteiger partial charge is 0.355 e. The van der Waals surface area contributed by atoms with Crippen molar-refractivity contribution in [1.29, 1.82) is 0 Å². The molecule has 0 bridgehead atoms. The molecule has 0 saturated carbocycles. The molecule has 1 heterocycles. The summed E-state index contributed by atoms with van der Waals surface area (Å²) in [6.45, 7) is -0.605. The molecule has 3 rings (SSSR count). The number of hydrogen-bond acceptors (Lipinski definition) is 6. The van der Waals surface area contributed by atoms with Gasteiger partial charge in [-0.05, 0) is 24.3 Å². The first-order valence-electron chi connectivity index (χ1n) is 8.81. The molecule has 0 aromatic heterocycles. The van der Waals surface area contributed by atoms with Gasteiger partial charge in [0.15, 0.2) is 6.61 Å². The van der Waals surface area contributed by atoms with Crippen molar-refractivity contribution < 1.29 is 23.9 Å². The van der Waals surface area contributed by atoms with Crippen LogP contribution in [0.2, 0.25) is 0 Å². The Morgan fingerprint density at radius 3 is 2.28 bits per heavy atom. The average Bonchev–Trinajstić information content (AvgIpc) is 2.77. The number of rotatable bonds is 5. The van der Waals surface area contributed by atoms with Crippen LogP contribution in [0.25, 0.3) is 0 Å². The number of carbonyl (C=O) groups is 4. The number of hydrazine groups is 1. The Labute approximate surface area is 166 Å². The maximum Gasteiger partial charge on any atom is 0.355 e. The van der Waals surface area contributed by atoms with Crippen molar-refractivity contribution in [3.8, 4) is 0 Å². The molecule has 0 spiro atoms. The second kappa shape index (κ2) is 9.27. The number of anilines is 1. The van der Waals surface area contributed by atoms with Crippen LogP contribution in [0.5, 0.6) is 0 Å². The lowest BCUT2D eigenvalue weighted by atomic mass is 10.1. The number of hydrogen-bond donors (Lipinski definition) is 2. The number of nitrogens with one attached hydrogen (secondary N) is 2. The number of para-hydroxylation sites is 1. The molecule has 0 atom stereocenters. The number of hydrazone groups is 1. The molecule has 0 fully saturated rings. The molecule has 29 heavy (non-hydrogen) atoms. The lowest BCUT2D eigenvalue weighted by molar-refractivity contribution is -0.142. The van der Waals surface area contributed by atoms with Gasteiger partial charge in [0, 0.05) is 18.4 Å². The topological polar surface area (TPSA) is 117 Å². The van der Waals surface area contributed by atoms with Gasteiger partial charge >= 0.3 is 5.97 Å². The monoisotopic (exact) mass is 394 g/mol. The second-order valence-corrected chi connectivity index (χ2v) is 6.03. The third-order valence-electron chi connectivity index (χ3n) is 3.95. The van der Waals surface area contributed by atoms with Crippen molar-refractivity contribution in [2.75, 3.05) is 11.6 Å². The van der Waals surface area contributed by atoms with E-state index >= 15 is 0 Å². The fourth-order valence-electron chi connectivity index (χ4n) is 2.51. The van der Waals surface area contributed by atoms with Gasteiger partial charge in [0.05, 0.1) is 5.69 Å². The van der Waals surface area contributed by atoms with Crippen LogP contribution in [-0.2, 0) is 19.1 Å². The minimum Gasteiger partial charge on any atom is -0.451 e. The number of esters is 1. The molecule has 3 amide bonds. The van der Waals surface area contributed by atoms with Crippen LogP contribution in [0.1, 0.15) is 23.2 Å². The van der Waals surface area contributed by atoms with Crippen LogP contribution < -0.4 is 15.9 Å². The highest BCUT2D eigenvalue weighted by molar-refractivity contribution is 6.38. The van der Waals surface area contributed by atoms with Crippen LogP contribution in [-0.4, -0.2) is 36.0 Å². The summed E-state index contributed by atoms with van der Waals surface area (Å²) in [6, 6.07) is 17.0. The van der Waals surface area contributed by atoms with Gasteiger partial charge in [-0.1, -0.05) is 36.4 Å². The third kappa shape index (κ3) is 5.25. The van der Waals surface area contributed by atoms with Crippen LogP contribution in [0, 0.1) is 0 Å². The van der Waals surface area contributed by atoms with E-state index in [-0.39, 0.29) is 24.5 Å². The largest absolute Gasteiger partial charge is 0.451 e. The Hall–Kier alpha value is -4.01. The zero-order valence-corrected chi connectivity index (χ0v) is 15.3. The predicted molar refractivity (Wildman–Crippen MR) is 104 cm³/mol. The maximum absolute atomic E-state index is 12.2. The molecule has 148 valence electrons. The quantitative estimate of drug-likeness (QED) is 0.583. The Morgan fingerprint density at radius 1 is 0.931 bits per heavy atom. The molecule has 9 heteroatoms. The van der Waals surface area contributed by atoms with Crippen molar-refractivity contribution in [2.24, 2.45) is 5.10 Å². The highest BCUT2D eigenvalue weighted by Crippen LogP contribution is 2.19. The first kappa shape index (κ1) is 19.7. The van der Waals surface area contributed by atoms with Gasteiger partial charge in [-0.2, -0.15) is 5.10 Å². The molecule has 2 aromatic carbocycles. The summed E-state index contributed by atoms with van der Waals surface area (Å²) in [5, 5.41) is 5.19. The van der Waals surface area contributed by atoms with Gasteiger partial charge in [-0.15, -0.1) is 0 Å². The van der Waals surface area contributed by atoms with Crippen molar-refractivity contribution in [2.45, 2.75) is 12.8 Å². The summed E-state index contributed by atoms with van der Waals surface area (Å²) in [5.41, 5.74) is 5.32. The van der Waals surface area contributed by atoms with E-state index in [2.05, 4.69) is 16.0 Å². The van der Waals surface area contributed by atoms with Gasteiger partial charge in [0.1, 0.15) is 5.71 Å². The fraction of sp³-hybridized carbons (Fsp3) is 0.150. The van der Waals surface area contributed by atoms with E-state index in [1.54, 1.807) is 60.7 Å². The standard InChI is InChI=1S/C20H18N4O5/c25-17(21-22-19(27)14-7-3-1-4-8-14)13-29-20(28)16-11-12-18(26)24(23-16)15-9-5-2-6-10-15/h1-10H,11-13H2,(H,21,25)(H,22,27). The van der Waals surface area contributed by atoms with E-state index in [1.807, 2.05) is 0 Å². The minimum absolute atomic E-state index is 0.0366. The Bertz CT molecular complexity index is 944. The molecule has 9 nitrogen and oxygen atoms in total. The van der Waals surface area contributed by atoms with Gasteiger partial charge in [0.2, 0.25) is 5.91 Å². The summed E-state index contributed by atoms with van der Waals surface area (Å²) in [6.07, 6.45) is 0.218. The van der Waals surface area contributed by atoms with E-state index in [0.717, 1.165) is 5.01 Å². The molecule has 1 aliphatic heterocycles. The van der Waals surface area contributed by atoms with Crippen molar-refractivity contribution >= 4 is 35.1 Å². The fourth-order valence-corrected chi connectivity index (χ4v) is 2.51. The summed E-state index contributed by atoms with van der Waals surface area (Å²) in [4.78, 5) is 47.9. The first-order valence-corrected chi connectivity index (χ1v) is 8.81. The molecular weight excluding hydrogens is 376 g/mol. The SMILES string of the molecule is O=C(COC(=O)C1=NN(c2ccccc2)C(=O)CC1)NNC(=O)c1ccccc1. The lowest BCUT2D eigenvalue weighted by Gasteiger charge is -2.22. The van der Waals surface area contributed by atoms with Gasteiger partial charge < -0.3 is 4.74 Å². The van der Waals surface area contributed by atoms with Crippen LogP contribution in [0.3, 0.4) is 0 Å². The zero-order valence-electron chi connectivity index (χ0n) is 15.3. The van der Waals surface area contributed by atoms with E-state index < -0.39 is 24.4 Å². The summed E-state index contributed by atoms with van der Waals surface area (Å²) >= 11 is 0. The highest BCUT2D eigenvalue weighted by Gasteiger charge is 2.26. The third-order valence-corrected chi connectivity index (χ3v) is 3.95. The zero-order chi connectivity index (χ0) is 20.6. The van der Waals surface area contributed by atoms with Gasteiger partial charge in [-0.3, -0.25) is 25.2 Å². The summed E-state index contributed by atoms with van der Waals surface area (Å²) in [7, 11) is 0. The minimum atomic E-state index is -0.803. The van der Waals surface area contributed by atoms with Gasteiger partial charge in [-0.25, -0.2) is 9.80 Å². The first-order chi connectivity index (χ1) is 14.0. The Balaban J connectivity index is 1.51. The van der Waals surface area contributed by atoms with Crippen LogP contribution >= 0.6 is 0 Å². The lowest BCUT2D eigenvalue weighted by Crippen LogP contribution is -2.44. The van der Waals surface area contributed by atoms with Crippen molar-refractivity contribution in [1.82, 2.24) is 10.9 Å². The molecule has 0 unspecified atom stereocenters. The van der Waals surface area contributed by atoms with E-state index in [9.17, 15) is 19.2 Å². The van der Waals surface area contributed by atoms with E-state index in [0.29, 0.717) is 11.3 Å². The van der Waals surface area contributed by atoms with Crippen LogP contribution in [0.15, 0.2) is 65.8 Å². The molecule has 0 radical (unpaired) electrons. The number of carbonyl (C=O) groups excluding carboxylic acids is 4. The second-order valence-electron chi connectivity index (χ2n) is 6.03. The van der Waals surface area contributed by atoms with Gasteiger partial charge in [0.25, 0.3) is 11.8 Å². The number of ether oxygens (including phenoxy) is 1. The number of benzene rings is 2. The molecule has 2 aromatic rings. The average molecular weight is 394 g/mol. The molecule has 0 aliphatic carbocycles. The van der Waals surface area contributed by atoms with Crippen molar-refractivity contribution in [3.63, 3.8) is 0 Å². The Kier molecular flexibility index (Phi) is 6.31. The number of nitrogens with zero attached hydrogens (tertiary/aromatic N) is 2. The Morgan fingerprint density at radius 2 is 1.59 bits per heavy atom. The molecular formula is C20H18N4O5. The summed E-state index contributed by atoms with van der Waals surface area (Å²) in [5.74, 6) is -2.26. The van der Waals surface area contributed by atoms with E-state index in [1.165, 1.54) is 0 Å². The number of amides is 3. The van der Waals surface area contributed by atoms with Crippen molar-refractivity contribution in [3.05, 3.63) is 66.2 Å². The maximum atomic E-state index is 12.2. The van der Waals surface area contributed by atoms with Crippen LogP contribution in [0.4, 0.5) is 5.69 Å². The predicted octanol–water partition coefficient (Wildman–Crippen LogP) is 1.17. The molecule has 0 saturated heterocycles. The normalized spacial score (nSPS) is 13.3. The summed E-state index contributed by atoms with van der Waals surface area (Å²) < 4.78 is 4.93. The van der Waals surface area contributed by atoms with E-state index in [4.69, 9.17) is 4.74 Å². The highest BCUT2D eigenvalue weighted by atomic mass is 16.5. The molecule has 2 N–H and O–H groups in total. The molecule has 1 aliphatic rings.